The summed E-state index contributed by atoms with van der Waals surface area (Å²) in [5.41, 5.74) is 0.500. The highest BCUT2D eigenvalue weighted by Gasteiger charge is 2.08. The summed E-state index contributed by atoms with van der Waals surface area (Å²) in [5, 5.41) is 4.49. The van der Waals surface area contributed by atoms with Crippen molar-refractivity contribution in [2.24, 2.45) is 7.05 Å². The van der Waals surface area contributed by atoms with Crippen LogP contribution < -0.4 is 10.3 Å². The summed E-state index contributed by atoms with van der Waals surface area (Å²) in [7, 11) is 1.52. The SMILES string of the molecule is Cn1ncc(OCc2cccc(Cl)c2)c(Cl)c1=O. The highest BCUT2D eigenvalue weighted by Crippen LogP contribution is 2.20. The summed E-state index contributed by atoms with van der Waals surface area (Å²) in [6.07, 6.45) is 1.41. The van der Waals surface area contributed by atoms with Crippen LogP contribution in [0.25, 0.3) is 0 Å². The maximum atomic E-state index is 11.5. The zero-order valence-electron chi connectivity index (χ0n) is 9.56. The van der Waals surface area contributed by atoms with Gasteiger partial charge in [0.2, 0.25) is 0 Å². The molecule has 2 rings (SSSR count). The van der Waals surface area contributed by atoms with Crippen LogP contribution >= 0.6 is 23.2 Å². The molecule has 0 unspecified atom stereocenters. The van der Waals surface area contributed by atoms with Crippen molar-refractivity contribution in [3.63, 3.8) is 0 Å². The maximum absolute atomic E-state index is 11.5. The molecular formula is C12H10Cl2N2O2. The lowest BCUT2D eigenvalue weighted by molar-refractivity contribution is 0.303. The maximum Gasteiger partial charge on any atom is 0.289 e. The van der Waals surface area contributed by atoms with E-state index in [0.717, 1.165) is 10.2 Å². The largest absolute Gasteiger partial charge is 0.485 e. The molecule has 6 heteroatoms. The average molecular weight is 285 g/mol. The van der Waals surface area contributed by atoms with Crippen LogP contribution in [0.2, 0.25) is 10.0 Å². The molecule has 0 bridgehead atoms. The summed E-state index contributed by atoms with van der Waals surface area (Å²) in [5.74, 6) is 0.264. The summed E-state index contributed by atoms with van der Waals surface area (Å²) in [6.45, 7) is 0.273. The second-order valence-electron chi connectivity index (χ2n) is 3.67. The Balaban J connectivity index is 2.16. The first-order valence-electron chi connectivity index (χ1n) is 5.17. The fourth-order valence-corrected chi connectivity index (χ4v) is 1.82. The molecule has 94 valence electrons. The van der Waals surface area contributed by atoms with Gasteiger partial charge in [-0.2, -0.15) is 5.10 Å². The van der Waals surface area contributed by atoms with Gasteiger partial charge in [0.05, 0.1) is 6.20 Å². The number of benzene rings is 1. The number of hydrogen-bond acceptors (Lipinski definition) is 3. The van der Waals surface area contributed by atoms with E-state index < -0.39 is 0 Å². The van der Waals surface area contributed by atoms with Gasteiger partial charge in [-0.3, -0.25) is 4.79 Å². The minimum Gasteiger partial charge on any atom is -0.485 e. The van der Waals surface area contributed by atoms with E-state index in [9.17, 15) is 4.79 Å². The van der Waals surface area contributed by atoms with Crippen molar-refractivity contribution in [3.8, 4) is 5.75 Å². The first-order chi connectivity index (χ1) is 8.58. The van der Waals surface area contributed by atoms with E-state index >= 15 is 0 Å². The minimum absolute atomic E-state index is 0.0227. The monoisotopic (exact) mass is 284 g/mol. The molecule has 2 aromatic rings. The van der Waals surface area contributed by atoms with Crippen LogP contribution in [0.3, 0.4) is 0 Å². The van der Waals surface area contributed by atoms with Crippen LogP contribution in [-0.4, -0.2) is 9.78 Å². The molecule has 1 aromatic carbocycles. The molecule has 0 aliphatic carbocycles. The van der Waals surface area contributed by atoms with Crippen LogP contribution in [0, 0.1) is 0 Å². The van der Waals surface area contributed by atoms with Gasteiger partial charge in [0.15, 0.2) is 10.8 Å². The Bertz CT molecular complexity index is 626. The number of nitrogens with zero attached hydrogens (tertiary/aromatic N) is 2. The van der Waals surface area contributed by atoms with Crippen LogP contribution in [0.4, 0.5) is 0 Å². The number of rotatable bonds is 3. The van der Waals surface area contributed by atoms with Gasteiger partial charge in [0.1, 0.15) is 6.61 Å². The molecule has 1 aromatic heterocycles. The first-order valence-corrected chi connectivity index (χ1v) is 5.92. The van der Waals surface area contributed by atoms with Crippen molar-refractivity contribution in [1.82, 2.24) is 9.78 Å². The normalized spacial score (nSPS) is 10.4. The Morgan fingerprint density at radius 1 is 1.39 bits per heavy atom. The summed E-state index contributed by atoms with van der Waals surface area (Å²) >= 11 is 11.7. The van der Waals surface area contributed by atoms with Gasteiger partial charge in [0, 0.05) is 12.1 Å². The van der Waals surface area contributed by atoms with Gasteiger partial charge in [-0.15, -0.1) is 0 Å². The Kier molecular flexibility index (Phi) is 3.89. The van der Waals surface area contributed by atoms with Crippen LogP contribution in [-0.2, 0) is 13.7 Å². The van der Waals surface area contributed by atoms with Crippen molar-refractivity contribution < 1.29 is 4.74 Å². The van der Waals surface area contributed by atoms with E-state index in [1.165, 1.54) is 13.2 Å². The van der Waals surface area contributed by atoms with Crippen LogP contribution in [0.15, 0.2) is 35.3 Å². The molecular weight excluding hydrogens is 275 g/mol. The topological polar surface area (TPSA) is 44.1 Å². The molecule has 0 saturated carbocycles. The van der Waals surface area contributed by atoms with Crippen molar-refractivity contribution in [2.75, 3.05) is 0 Å². The minimum atomic E-state index is -0.389. The van der Waals surface area contributed by atoms with Gasteiger partial charge in [-0.25, -0.2) is 4.68 Å². The molecule has 0 radical (unpaired) electrons. The molecule has 4 nitrogen and oxygen atoms in total. The Morgan fingerprint density at radius 2 is 2.17 bits per heavy atom. The second kappa shape index (κ2) is 5.42. The Morgan fingerprint density at radius 3 is 2.89 bits per heavy atom. The van der Waals surface area contributed by atoms with Crippen molar-refractivity contribution >= 4 is 23.2 Å². The van der Waals surface area contributed by atoms with Gasteiger partial charge in [-0.1, -0.05) is 35.3 Å². The zero-order chi connectivity index (χ0) is 13.1. The number of halogens is 2. The molecule has 0 N–H and O–H groups in total. The molecule has 0 spiro atoms. The summed E-state index contributed by atoms with van der Waals surface area (Å²) < 4.78 is 6.59. The second-order valence-corrected chi connectivity index (χ2v) is 4.48. The smallest absolute Gasteiger partial charge is 0.289 e. The predicted octanol–water partition coefficient (Wildman–Crippen LogP) is 2.67. The quantitative estimate of drug-likeness (QED) is 0.870. The molecule has 1 heterocycles. The van der Waals surface area contributed by atoms with E-state index in [1.807, 2.05) is 12.1 Å². The lowest BCUT2D eigenvalue weighted by Gasteiger charge is -2.08. The lowest BCUT2D eigenvalue weighted by atomic mass is 10.2. The van der Waals surface area contributed by atoms with E-state index in [0.29, 0.717) is 5.02 Å². The van der Waals surface area contributed by atoms with Crippen molar-refractivity contribution in [1.29, 1.82) is 0 Å². The average Bonchev–Trinajstić information content (AvgIpc) is 2.35. The predicted molar refractivity (Wildman–Crippen MR) is 70.3 cm³/mol. The van der Waals surface area contributed by atoms with Gasteiger partial charge >= 0.3 is 0 Å². The van der Waals surface area contributed by atoms with Gasteiger partial charge in [-0.05, 0) is 17.7 Å². The Hall–Kier alpha value is -1.52. The molecule has 0 atom stereocenters. The number of aromatic nitrogens is 2. The van der Waals surface area contributed by atoms with Crippen molar-refractivity contribution in [2.45, 2.75) is 6.61 Å². The highest BCUT2D eigenvalue weighted by atomic mass is 35.5. The number of aryl methyl sites for hydroxylation is 1. The molecule has 0 aliphatic heterocycles. The number of ether oxygens (including phenoxy) is 1. The Labute approximate surface area is 114 Å². The van der Waals surface area contributed by atoms with Gasteiger partial charge in [0.25, 0.3) is 5.56 Å². The first kappa shape index (κ1) is 12.9. The van der Waals surface area contributed by atoms with Crippen LogP contribution in [0.1, 0.15) is 5.56 Å². The molecule has 0 amide bonds. The molecule has 0 fully saturated rings. The number of hydrogen-bond donors (Lipinski definition) is 0. The lowest BCUT2D eigenvalue weighted by Crippen LogP contribution is -2.20. The molecule has 0 aliphatic rings. The van der Waals surface area contributed by atoms with Crippen LogP contribution in [0.5, 0.6) is 5.75 Å². The summed E-state index contributed by atoms with van der Waals surface area (Å²) in [4.78, 5) is 11.5. The van der Waals surface area contributed by atoms with E-state index in [4.69, 9.17) is 27.9 Å². The fraction of sp³-hybridized carbons (Fsp3) is 0.167. The van der Waals surface area contributed by atoms with E-state index in [-0.39, 0.29) is 22.9 Å². The highest BCUT2D eigenvalue weighted by molar-refractivity contribution is 6.31. The van der Waals surface area contributed by atoms with E-state index in [1.54, 1.807) is 12.1 Å². The molecule has 0 saturated heterocycles. The van der Waals surface area contributed by atoms with Crippen molar-refractivity contribution in [3.05, 3.63) is 56.4 Å². The third-order valence-corrected chi connectivity index (χ3v) is 2.91. The van der Waals surface area contributed by atoms with Gasteiger partial charge < -0.3 is 4.74 Å². The fourth-order valence-electron chi connectivity index (χ4n) is 1.38. The summed E-state index contributed by atoms with van der Waals surface area (Å²) in [6, 6.07) is 7.25. The third-order valence-electron chi connectivity index (χ3n) is 2.33. The standard InChI is InChI=1S/C12H10Cl2N2O2/c1-16-12(17)11(14)10(6-15-16)18-7-8-3-2-4-9(13)5-8/h2-6H,7H2,1H3. The van der Waals surface area contributed by atoms with E-state index in [2.05, 4.69) is 5.10 Å². The third kappa shape index (κ3) is 2.83. The zero-order valence-corrected chi connectivity index (χ0v) is 11.1. The molecule has 18 heavy (non-hydrogen) atoms.